The molecule has 18 radical (unpaired) electrons. The van der Waals surface area contributed by atoms with E-state index in [1.54, 1.807) is 0 Å². The summed E-state index contributed by atoms with van der Waals surface area (Å²) in [5.41, 5.74) is 0. The molecule has 90 heavy (non-hydrogen) atoms. The summed E-state index contributed by atoms with van der Waals surface area (Å²) in [6.45, 7) is 93.1. The van der Waals surface area contributed by atoms with E-state index in [-0.39, 0.29) is 184 Å². The fourth-order valence-corrected chi connectivity index (χ4v) is 15.0. The molecule has 4 fully saturated rings. The quantitative estimate of drug-likeness (QED) is 0.0903. The first-order valence-corrected chi connectivity index (χ1v) is 76.7. The molecule has 0 aromatic rings. The second-order valence-corrected chi connectivity index (χ2v) is 97.6. The van der Waals surface area contributed by atoms with Gasteiger partial charge in [0.1, 0.15) is 0 Å². The van der Waals surface area contributed by atoms with Crippen molar-refractivity contribution in [2.45, 2.75) is 287 Å². The van der Waals surface area contributed by atoms with E-state index in [9.17, 15) is 0 Å². The van der Waals surface area contributed by atoms with Crippen molar-refractivity contribution in [3.63, 3.8) is 0 Å². The zero-order valence-corrected chi connectivity index (χ0v) is 91.6. The Hall–Kier alpha value is 8.39. The van der Waals surface area contributed by atoms with Gasteiger partial charge in [0.25, 0.3) is 0 Å². The Balaban J connectivity index is -0.0000000995. The first kappa shape index (κ1) is 119. The van der Waals surface area contributed by atoms with Gasteiger partial charge in [0.05, 0.1) is 0 Å². The van der Waals surface area contributed by atoms with Gasteiger partial charge < -0.3 is 18.9 Å². The predicted molar refractivity (Wildman–Crippen MR) is 438 cm³/mol. The van der Waals surface area contributed by atoms with Gasteiger partial charge in [-0.05, 0) is 162 Å². The van der Waals surface area contributed by atoms with E-state index in [0.717, 1.165) is 52.9 Å². The van der Waals surface area contributed by atoms with Crippen molar-refractivity contribution in [1.29, 1.82) is 0 Å². The van der Waals surface area contributed by atoms with E-state index in [1.807, 2.05) is 0 Å². The third-order valence-electron chi connectivity index (χ3n) is 10.5. The fraction of sp³-hybridized carbons (Fsp3) is 0.743. The van der Waals surface area contributed by atoms with Crippen LogP contribution >= 0.6 is 0 Å². The molecule has 4 heterocycles. The Morgan fingerprint density at radius 2 is 0.222 bits per heavy atom. The largest absolute Gasteiger partial charge is 1.00 e. The van der Waals surface area contributed by atoms with Gasteiger partial charge in [-0.1, -0.05) is 236 Å². The molecule has 0 N–H and O–H groups in total. The Labute approximate surface area is 737 Å². The standard InChI is InChI=1S/6C9H21Si2.4C4H8O.2K.2Sm/c6*1-10(2,3)8-7-9-11(4,5)6;4*1-2-4-5-3-1;;;;/h6*7-9H,1-6H3;4*1-4H2;;;;/q;;;;;;;;;;2*+1;;. The monoisotopic (exact) mass is 1780 g/mol. The molecule has 20 heteroatoms. The van der Waals surface area contributed by atoms with Crippen molar-refractivity contribution in [3.05, 3.63) is 111 Å². The van der Waals surface area contributed by atoms with Gasteiger partial charge in [-0.3, -0.25) is 0 Å². The first-order chi connectivity index (χ1) is 38.2. The minimum absolute atomic E-state index is 0. The van der Waals surface area contributed by atoms with Gasteiger partial charge in [-0.2, -0.15) is 0 Å². The first-order valence-electron chi connectivity index (χ1n) is 33.8. The van der Waals surface area contributed by atoms with Gasteiger partial charge in [-0.25, -0.2) is 0 Å². The minimum Gasteiger partial charge on any atom is -0.381 e. The Kier molecular flexibility index (Phi) is 85.7. The predicted octanol–water partition coefficient (Wildman–Crippen LogP) is 17.3. The number of ether oxygens (including phenoxy) is 4. The van der Waals surface area contributed by atoms with Crippen LogP contribution in [-0.2, 0) is 18.9 Å². The van der Waals surface area contributed by atoms with Crippen LogP contribution < -0.4 is 103 Å². The van der Waals surface area contributed by atoms with Crippen LogP contribution in [0.25, 0.3) is 0 Å². The molecule has 0 saturated carbocycles. The van der Waals surface area contributed by atoms with Crippen LogP contribution in [0.15, 0.2) is 0 Å². The maximum Gasteiger partial charge on any atom is 1.00 e. The molecule has 4 aliphatic heterocycles. The zero-order valence-electron chi connectivity index (χ0n) is 68.2. The summed E-state index contributed by atoms with van der Waals surface area (Å²) in [5, 5.41) is 0. The van der Waals surface area contributed by atoms with Crippen LogP contribution in [0.1, 0.15) is 51.4 Å². The van der Waals surface area contributed by atoms with Crippen molar-refractivity contribution in [2.24, 2.45) is 0 Å². The Morgan fingerprint density at radius 3 is 0.256 bits per heavy atom. The molecule has 0 bridgehead atoms. The Morgan fingerprint density at radius 1 is 0.156 bits per heavy atom. The van der Waals surface area contributed by atoms with Gasteiger partial charge in [-0.15, -0.1) is 0 Å². The van der Waals surface area contributed by atoms with Crippen LogP contribution in [0.4, 0.5) is 0 Å². The minimum atomic E-state index is -0.947. The summed E-state index contributed by atoms with van der Waals surface area (Å²) in [4.78, 5) is 0. The normalized spacial score (nSPS) is 15.3. The molecule has 4 rings (SSSR count). The number of hydrogen-bond donors (Lipinski definition) is 0. The average molecular weight is 1780 g/mol. The van der Waals surface area contributed by atoms with E-state index in [2.05, 4.69) is 347 Å². The molecule has 0 aromatic carbocycles. The van der Waals surface area contributed by atoms with Crippen LogP contribution in [0, 0.1) is 192 Å². The van der Waals surface area contributed by atoms with Crippen molar-refractivity contribution in [2.75, 3.05) is 52.9 Å². The van der Waals surface area contributed by atoms with Crippen molar-refractivity contribution >= 4 is 96.9 Å². The van der Waals surface area contributed by atoms with Crippen LogP contribution in [0.5, 0.6) is 0 Å². The molecule has 4 aliphatic rings. The molecule has 0 spiro atoms. The fourth-order valence-electron chi connectivity index (χ4n) is 5.79. The van der Waals surface area contributed by atoms with Crippen LogP contribution in [-0.4, -0.2) is 150 Å². The van der Waals surface area contributed by atoms with Crippen molar-refractivity contribution < 1.29 is 202 Å². The summed E-state index contributed by atoms with van der Waals surface area (Å²) in [7, 11) is -11.4. The summed E-state index contributed by atoms with van der Waals surface area (Å²) >= 11 is 0. The molecular formula is C70H158K2O4Si12Sm2+2. The zero-order chi connectivity index (χ0) is 68.9. The molecule has 522 valence electrons. The second kappa shape index (κ2) is 64.6. The summed E-state index contributed by atoms with van der Waals surface area (Å²) < 4.78 is 19.8. The SMILES string of the molecule is C1CCOC1.C1CCOC1.C1CCOC1.C1CCOC1.C[Si](C)(C)[CH][CH][CH][Si](C)(C)C.C[Si](C)(C)[CH][CH][CH][Si](C)(C)C.C[Si](C)(C)[CH][CH][CH][Si](C)(C)C.C[Si](C)(C)[CH][CH][CH][Si](C)(C)C.C[Si](C)(C)[CH][CH][CH][Si](C)(C)C.C[Si](C)(C)[CH][CH][CH][Si](C)(C)C.[K+].[K+].[Sm].[Sm]. The van der Waals surface area contributed by atoms with E-state index in [1.165, 1.54) is 51.4 Å². The summed E-state index contributed by atoms with van der Waals surface area (Å²) in [6, 6.07) is 28.9. The average Bonchev–Trinajstić information content (AvgIpc) is 4.10. The summed E-state index contributed by atoms with van der Waals surface area (Å²) in [6.07, 6.45) is 24.0. The molecule has 4 saturated heterocycles. The molecule has 4 nitrogen and oxygen atoms in total. The number of rotatable bonds is 24. The maximum absolute atomic E-state index is 4.94. The Bertz CT molecular complexity index is 1070. The maximum atomic E-state index is 4.94. The van der Waals surface area contributed by atoms with Gasteiger partial charge in [0, 0.05) is 231 Å². The van der Waals surface area contributed by atoms with Gasteiger partial charge in [0.2, 0.25) is 0 Å². The van der Waals surface area contributed by atoms with Crippen molar-refractivity contribution in [3.8, 4) is 0 Å². The molecule has 0 aromatic heterocycles. The topological polar surface area (TPSA) is 36.9 Å². The van der Waals surface area contributed by atoms with Crippen LogP contribution in [0.3, 0.4) is 0 Å². The van der Waals surface area contributed by atoms with E-state index < -0.39 is 96.9 Å². The molecule has 0 atom stereocenters. The molecule has 0 amide bonds. The van der Waals surface area contributed by atoms with E-state index in [4.69, 9.17) is 18.9 Å². The third-order valence-corrected chi connectivity index (χ3v) is 24.8. The van der Waals surface area contributed by atoms with Gasteiger partial charge >= 0.3 is 103 Å². The van der Waals surface area contributed by atoms with Crippen LogP contribution in [0.2, 0.25) is 236 Å². The molecule has 0 unspecified atom stereocenters. The van der Waals surface area contributed by atoms with E-state index in [0.29, 0.717) is 0 Å². The van der Waals surface area contributed by atoms with Gasteiger partial charge in [0.15, 0.2) is 0 Å². The smallest absolute Gasteiger partial charge is 0.381 e. The third kappa shape index (κ3) is 150. The van der Waals surface area contributed by atoms with E-state index >= 15 is 0 Å². The van der Waals surface area contributed by atoms with Crippen molar-refractivity contribution in [1.82, 2.24) is 0 Å². The molecule has 0 aliphatic carbocycles. The second-order valence-electron chi connectivity index (χ2n) is 36.8. The summed E-state index contributed by atoms with van der Waals surface area (Å²) in [5.74, 6) is 0. The molecular weight excluding hydrogens is 1620 g/mol. The number of hydrogen-bond acceptors (Lipinski definition) is 4.